The van der Waals surface area contributed by atoms with Crippen LogP contribution in [-0.4, -0.2) is 11.7 Å². The van der Waals surface area contributed by atoms with Gasteiger partial charge >= 0.3 is 0 Å². The first-order valence-electron chi connectivity index (χ1n) is 5.49. The SMILES string of the molecule is OC(CNc1ccccc1)c1ccccc1Cl. The molecule has 0 fully saturated rings. The number of para-hydroxylation sites is 1. The fraction of sp³-hybridized carbons (Fsp3) is 0.143. The summed E-state index contributed by atoms with van der Waals surface area (Å²) in [5, 5.41) is 13.8. The Morgan fingerprint density at radius 3 is 2.35 bits per heavy atom. The minimum absolute atomic E-state index is 0.438. The van der Waals surface area contributed by atoms with Crippen LogP contribution in [0.25, 0.3) is 0 Å². The molecular weight excluding hydrogens is 234 g/mol. The number of benzene rings is 2. The van der Waals surface area contributed by atoms with Gasteiger partial charge in [-0.25, -0.2) is 0 Å². The van der Waals surface area contributed by atoms with Crippen LogP contribution in [0, 0.1) is 0 Å². The minimum Gasteiger partial charge on any atom is -0.387 e. The van der Waals surface area contributed by atoms with Crippen LogP contribution in [0.15, 0.2) is 54.6 Å². The maximum Gasteiger partial charge on any atom is 0.0976 e. The molecule has 0 radical (unpaired) electrons. The van der Waals surface area contributed by atoms with E-state index in [-0.39, 0.29) is 0 Å². The van der Waals surface area contributed by atoms with E-state index in [4.69, 9.17) is 11.6 Å². The van der Waals surface area contributed by atoms with Gasteiger partial charge in [0.15, 0.2) is 0 Å². The van der Waals surface area contributed by atoms with E-state index < -0.39 is 6.10 Å². The average molecular weight is 248 g/mol. The van der Waals surface area contributed by atoms with Gasteiger partial charge in [-0.3, -0.25) is 0 Å². The maximum atomic E-state index is 10.0. The first-order valence-corrected chi connectivity index (χ1v) is 5.86. The molecule has 17 heavy (non-hydrogen) atoms. The van der Waals surface area contributed by atoms with Gasteiger partial charge in [0.05, 0.1) is 6.10 Å². The van der Waals surface area contributed by atoms with Crippen molar-refractivity contribution in [1.82, 2.24) is 0 Å². The van der Waals surface area contributed by atoms with Crippen molar-refractivity contribution in [2.24, 2.45) is 0 Å². The largest absolute Gasteiger partial charge is 0.387 e. The smallest absolute Gasteiger partial charge is 0.0976 e. The van der Waals surface area contributed by atoms with Gasteiger partial charge in [-0.1, -0.05) is 48.0 Å². The summed E-state index contributed by atoms with van der Waals surface area (Å²) in [6.45, 7) is 0.438. The second-order valence-corrected chi connectivity index (χ2v) is 4.19. The number of aliphatic hydroxyl groups is 1. The molecular formula is C14H14ClNO. The van der Waals surface area contributed by atoms with Crippen LogP contribution in [0.1, 0.15) is 11.7 Å². The summed E-state index contributed by atoms with van der Waals surface area (Å²) in [5.41, 5.74) is 1.73. The predicted octanol–water partition coefficient (Wildman–Crippen LogP) is 3.49. The summed E-state index contributed by atoms with van der Waals surface area (Å²) in [7, 11) is 0. The fourth-order valence-corrected chi connectivity index (χ4v) is 1.89. The summed E-state index contributed by atoms with van der Waals surface area (Å²) in [6, 6.07) is 17.1. The van der Waals surface area contributed by atoms with Crippen molar-refractivity contribution in [3.63, 3.8) is 0 Å². The molecule has 0 saturated carbocycles. The highest BCUT2D eigenvalue weighted by atomic mass is 35.5. The van der Waals surface area contributed by atoms with E-state index in [1.54, 1.807) is 6.07 Å². The zero-order valence-corrected chi connectivity index (χ0v) is 10.1. The molecule has 2 aromatic rings. The van der Waals surface area contributed by atoms with Crippen molar-refractivity contribution >= 4 is 17.3 Å². The molecule has 0 amide bonds. The van der Waals surface area contributed by atoms with Gasteiger partial charge in [-0.05, 0) is 18.2 Å². The second kappa shape index (κ2) is 5.71. The molecule has 0 aliphatic heterocycles. The molecule has 3 heteroatoms. The zero-order chi connectivity index (χ0) is 12.1. The molecule has 0 bridgehead atoms. The molecule has 1 atom stereocenters. The minimum atomic E-state index is -0.607. The second-order valence-electron chi connectivity index (χ2n) is 3.78. The molecule has 1 unspecified atom stereocenters. The summed E-state index contributed by atoms with van der Waals surface area (Å²) in [4.78, 5) is 0. The van der Waals surface area contributed by atoms with Crippen LogP contribution in [0.2, 0.25) is 5.02 Å². The number of aliphatic hydroxyl groups excluding tert-OH is 1. The third-order valence-corrected chi connectivity index (χ3v) is 2.88. The fourth-order valence-electron chi connectivity index (χ4n) is 1.63. The Balaban J connectivity index is 1.99. The van der Waals surface area contributed by atoms with Crippen LogP contribution in [0.3, 0.4) is 0 Å². The van der Waals surface area contributed by atoms with Gasteiger partial charge in [0.2, 0.25) is 0 Å². The lowest BCUT2D eigenvalue weighted by atomic mass is 10.1. The Labute approximate surface area is 106 Å². The van der Waals surface area contributed by atoms with Crippen LogP contribution in [0.5, 0.6) is 0 Å². The van der Waals surface area contributed by atoms with Gasteiger partial charge in [-0.2, -0.15) is 0 Å². The number of hydrogen-bond acceptors (Lipinski definition) is 2. The van der Waals surface area contributed by atoms with Gasteiger partial charge in [0.1, 0.15) is 0 Å². The Hall–Kier alpha value is -1.51. The number of halogens is 1. The first kappa shape index (κ1) is 12.0. The van der Waals surface area contributed by atoms with E-state index in [0.29, 0.717) is 11.6 Å². The third kappa shape index (κ3) is 3.22. The Kier molecular flexibility index (Phi) is 4.02. The average Bonchev–Trinajstić information content (AvgIpc) is 2.38. The van der Waals surface area contributed by atoms with E-state index in [1.165, 1.54) is 0 Å². The van der Waals surface area contributed by atoms with Crippen molar-refractivity contribution in [3.8, 4) is 0 Å². The predicted molar refractivity (Wildman–Crippen MR) is 71.3 cm³/mol. The first-order chi connectivity index (χ1) is 8.27. The maximum absolute atomic E-state index is 10.0. The highest BCUT2D eigenvalue weighted by molar-refractivity contribution is 6.31. The molecule has 0 spiro atoms. The molecule has 0 aliphatic carbocycles. The van der Waals surface area contributed by atoms with Crippen LogP contribution >= 0.6 is 11.6 Å². The topological polar surface area (TPSA) is 32.3 Å². The molecule has 0 aliphatic rings. The quantitative estimate of drug-likeness (QED) is 0.867. The number of hydrogen-bond donors (Lipinski definition) is 2. The lowest BCUT2D eigenvalue weighted by Crippen LogP contribution is -2.12. The number of anilines is 1. The standard InChI is InChI=1S/C14H14ClNO/c15-13-9-5-4-8-12(13)14(17)10-16-11-6-2-1-3-7-11/h1-9,14,16-17H,10H2. The van der Waals surface area contributed by atoms with Crippen molar-refractivity contribution in [2.45, 2.75) is 6.10 Å². The Morgan fingerprint density at radius 2 is 1.65 bits per heavy atom. The van der Waals surface area contributed by atoms with E-state index >= 15 is 0 Å². The summed E-state index contributed by atoms with van der Waals surface area (Å²) >= 11 is 6.01. The number of nitrogens with one attached hydrogen (secondary N) is 1. The Morgan fingerprint density at radius 1 is 1.00 bits per heavy atom. The molecule has 2 nitrogen and oxygen atoms in total. The molecule has 0 heterocycles. The molecule has 0 saturated heterocycles. The monoisotopic (exact) mass is 247 g/mol. The van der Waals surface area contributed by atoms with E-state index in [0.717, 1.165) is 11.3 Å². The van der Waals surface area contributed by atoms with Gasteiger partial charge in [-0.15, -0.1) is 0 Å². The third-order valence-electron chi connectivity index (χ3n) is 2.54. The molecule has 0 aromatic heterocycles. The zero-order valence-electron chi connectivity index (χ0n) is 9.31. The van der Waals surface area contributed by atoms with Gasteiger partial charge < -0.3 is 10.4 Å². The van der Waals surface area contributed by atoms with Crippen molar-refractivity contribution in [2.75, 3.05) is 11.9 Å². The lowest BCUT2D eigenvalue weighted by molar-refractivity contribution is 0.192. The van der Waals surface area contributed by atoms with Gasteiger partial charge in [0, 0.05) is 22.8 Å². The molecule has 2 aromatic carbocycles. The van der Waals surface area contributed by atoms with Crippen molar-refractivity contribution in [3.05, 3.63) is 65.2 Å². The molecule has 2 rings (SSSR count). The lowest BCUT2D eigenvalue weighted by Gasteiger charge is -2.14. The van der Waals surface area contributed by atoms with Crippen molar-refractivity contribution < 1.29 is 5.11 Å². The highest BCUT2D eigenvalue weighted by Crippen LogP contribution is 2.22. The van der Waals surface area contributed by atoms with E-state index in [1.807, 2.05) is 48.5 Å². The normalized spacial score (nSPS) is 12.1. The summed E-state index contributed by atoms with van der Waals surface area (Å²) in [6.07, 6.45) is -0.607. The highest BCUT2D eigenvalue weighted by Gasteiger charge is 2.10. The van der Waals surface area contributed by atoms with Crippen molar-refractivity contribution in [1.29, 1.82) is 0 Å². The molecule has 88 valence electrons. The summed E-state index contributed by atoms with van der Waals surface area (Å²) < 4.78 is 0. The molecule has 2 N–H and O–H groups in total. The Bertz CT molecular complexity index is 473. The van der Waals surface area contributed by atoms with E-state index in [2.05, 4.69) is 5.32 Å². The summed E-state index contributed by atoms with van der Waals surface area (Å²) in [5.74, 6) is 0. The number of rotatable bonds is 4. The van der Waals surface area contributed by atoms with Crippen LogP contribution in [0.4, 0.5) is 5.69 Å². The van der Waals surface area contributed by atoms with Gasteiger partial charge in [0.25, 0.3) is 0 Å². The van der Waals surface area contributed by atoms with E-state index in [9.17, 15) is 5.11 Å². The van der Waals surface area contributed by atoms with Crippen LogP contribution in [-0.2, 0) is 0 Å². The van der Waals surface area contributed by atoms with Crippen LogP contribution < -0.4 is 5.32 Å².